The van der Waals surface area contributed by atoms with Crippen molar-refractivity contribution in [2.45, 2.75) is 224 Å². The first-order valence-electron chi connectivity index (χ1n) is 26.7. The quantitative estimate of drug-likeness (QED) is 0.0147. The second-order valence-corrected chi connectivity index (χ2v) is 19.4. The molecule has 1 aliphatic carbocycles. The summed E-state index contributed by atoms with van der Waals surface area (Å²) in [6.45, 7) is 4.00. The summed E-state index contributed by atoms with van der Waals surface area (Å²) in [4.78, 5) is 23.3. The van der Waals surface area contributed by atoms with Crippen molar-refractivity contribution in [1.82, 2.24) is 0 Å². The Bertz CT molecular complexity index is 1570. The van der Waals surface area contributed by atoms with Crippen LogP contribution in [0, 0.1) is 0 Å². The van der Waals surface area contributed by atoms with Crippen LogP contribution in [-0.4, -0.2) is 98.9 Å². The fourth-order valence-electron chi connectivity index (χ4n) is 7.49. The summed E-state index contributed by atoms with van der Waals surface area (Å²) in [7, 11) is -5.04. The van der Waals surface area contributed by atoms with E-state index in [1.54, 1.807) is 0 Å². The number of carbonyl (C=O) groups excluding carboxylic acids is 1. The van der Waals surface area contributed by atoms with Crippen molar-refractivity contribution in [3.8, 4) is 0 Å². The molecule has 1 fully saturated rings. The first-order chi connectivity index (χ1) is 34.0. The van der Waals surface area contributed by atoms with Gasteiger partial charge in [-0.1, -0.05) is 187 Å². The summed E-state index contributed by atoms with van der Waals surface area (Å²) in [5, 5.41) is 50.4. The summed E-state index contributed by atoms with van der Waals surface area (Å²) >= 11 is 0. The maximum absolute atomic E-state index is 12.9. The van der Waals surface area contributed by atoms with E-state index < -0.39 is 63.1 Å². The molecule has 0 aromatic carbocycles. The normalized spacial score (nSPS) is 21.8. The number of phosphoric ester groups is 1. The van der Waals surface area contributed by atoms with Crippen LogP contribution in [0.25, 0.3) is 0 Å². The molecular weight excluding hydrogens is 908 g/mol. The summed E-state index contributed by atoms with van der Waals surface area (Å²) in [5.74, 6) is -0.502. The molecule has 6 atom stereocenters. The average molecular weight is 1000 g/mol. The molecule has 0 radical (unpaired) electrons. The van der Waals surface area contributed by atoms with Crippen LogP contribution in [-0.2, 0) is 27.9 Å². The highest BCUT2D eigenvalue weighted by molar-refractivity contribution is 7.47. The monoisotopic (exact) mass is 1000 g/mol. The van der Waals surface area contributed by atoms with Crippen LogP contribution in [0.15, 0.2) is 109 Å². The number of aliphatic hydroxyl groups is 5. The maximum Gasteiger partial charge on any atom is 0.472 e. The molecule has 6 unspecified atom stereocenters. The largest absolute Gasteiger partial charge is 0.472 e. The number of ether oxygens (including phenoxy) is 2. The minimum Gasteiger partial charge on any atom is -0.457 e. The van der Waals surface area contributed by atoms with E-state index in [1.807, 2.05) is 0 Å². The lowest BCUT2D eigenvalue weighted by atomic mass is 9.85. The molecule has 0 heterocycles. The highest BCUT2D eigenvalue weighted by atomic mass is 31.2. The van der Waals surface area contributed by atoms with Crippen LogP contribution in [0.1, 0.15) is 181 Å². The zero-order valence-electron chi connectivity index (χ0n) is 43.0. The number of rotatable bonds is 44. The van der Waals surface area contributed by atoms with E-state index >= 15 is 0 Å². The molecule has 400 valence electrons. The maximum atomic E-state index is 12.9. The summed E-state index contributed by atoms with van der Waals surface area (Å²) in [6, 6.07) is 0. The first-order valence-corrected chi connectivity index (χ1v) is 28.2. The third-order valence-corrected chi connectivity index (χ3v) is 12.6. The van der Waals surface area contributed by atoms with Gasteiger partial charge in [0.15, 0.2) is 0 Å². The molecule has 13 heteroatoms. The lowest BCUT2D eigenvalue weighted by Crippen LogP contribution is -2.64. The Balaban J connectivity index is 2.36. The van der Waals surface area contributed by atoms with Gasteiger partial charge in [-0.15, -0.1) is 0 Å². The number of hydrogen-bond acceptors (Lipinski definition) is 11. The number of aliphatic hydroxyl groups excluding tert-OH is 5. The topological polar surface area (TPSA) is 192 Å². The number of esters is 1. The molecule has 0 spiro atoms. The molecule has 12 nitrogen and oxygen atoms in total. The van der Waals surface area contributed by atoms with E-state index in [1.165, 1.54) is 32.1 Å². The van der Waals surface area contributed by atoms with Crippen molar-refractivity contribution in [2.75, 3.05) is 19.8 Å². The van der Waals surface area contributed by atoms with Gasteiger partial charge >= 0.3 is 13.8 Å². The minimum atomic E-state index is -5.04. The van der Waals surface area contributed by atoms with E-state index in [9.17, 15) is 39.8 Å². The van der Waals surface area contributed by atoms with Crippen LogP contribution in [0.4, 0.5) is 0 Å². The molecule has 0 aromatic heterocycles. The second kappa shape index (κ2) is 45.8. The van der Waals surface area contributed by atoms with Gasteiger partial charge in [-0.3, -0.25) is 13.8 Å². The predicted octanol–water partition coefficient (Wildman–Crippen LogP) is 12.4. The van der Waals surface area contributed by atoms with Crippen LogP contribution >= 0.6 is 7.82 Å². The zero-order chi connectivity index (χ0) is 51.2. The van der Waals surface area contributed by atoms with Crippen molar-refractivity contribution in [3.63, 3.8) is 0 Å². The van der Waals surface area contributed by atoms with E-state index in [2.05, 4.69) is 123 Å². The smallest absolute Gasteiger partial charge is 0.457 e. The first kappa shape index (κ1) is 65.0. The highest BCUT2D eigenvalue weighted by Gasteiger charge is 2.51. The Morgan fingerprint density at radius 2 is 0.800 bits per heavy atom. The molecule has 0 amide bonds. The molecule has 0 aromatic rings. The number of hydrogen-bond donors (Lipinski definition) is 6. The molecule has 70 heavy (non-hydrogen) atoms. The highest BCUT2D eigenvalue weighted by Crippen LogP contribution is 2.47. The number of phosphoric acid groups is 1. The third-order valence-electron chi connectivity index (χ3n) is 11.6. The molecule has 1 aliphatic rings. The van der Waals surface area contributed by atoms with E-state index in [0.717, 1.165) is 122 Å². The molecular formula is C57H95O12P. The van der Waals surface area contributed by atoms with Crippen molar-refractivity contribution in [3.05, 3.63) is 109 Å². The van der Waals surface area contributed by atoms with Gasteiger partial charge in [0, 0.05) is 13.0 Å². The van der Waals surface area contributed by atoms with Gasteiger partial charge in [-0.25, -0.2) is 4.57 Å². The van der Waals surface area contributed by atoms with Gasteiger partial charge in [0.05, 0.1) is 13.2 Å². The molecule has 0 bridgehead atoms. The summed E-state index contributed by atoms with van der Waals surface area (Å²) in [5.41, 5.74) is 0. The Hall–Kier alpha value is -3.00. The average Bonchev–Trinajstić information content (AvgIpc) is 3.35. The van der Waals surface area contributed by atoms with Crippen molar-refractivity contribution < 1.29 is 58.3 Å². The van der Waals surface area contributed by atoms with Crippen molar-refractivity contribution in [2.24, 2.45) is 0 Å². The Labute approximate surface area is 423 Å². The molecule has 0 aliphatic heterocycles. The Kier molecular flexibility index (Phi) is 42.6. The lowest BCUT2D eigenvalue weighted by Gasteiger charge is -2.41. The van der Waals surface area contributed by atoms with E-state index in [-0.39, 0.29) is 13.0 Å². The molecule has 0 saturated heterocycles. The fourth-order valence-corrected chi connectivity index (χ4v) is 8.46. The Morgan fingerprint density at radius 1 is 0.457 bits per heavy atom. The predicted molar refractivity (Wildman–Crippen MR) is 285 cm³/mol. The van der Waals surface area contributed by atoms with Crippen LogP contribution in [0.5, 0.6) is 0 Å². The molecule has 1 saturated carbocycles. The van der Waals surface area contributed by atoms with Gasteiger partial charge in [0.2, 0.25) is 0 Å². The van der Waals surface area contributed by atoms with Crippen LogP contribution < -0.4 is 0 Å². The number of carbonyl (C=O) groups is 1. The lowest BCUT2D eigenvalue weighted by molar-refractivity contribution is -0.220. The third kappa shape index (κ3) is 36.8. The molecule has 6 N–H and O–H groups in total. The van der Waals surface area contributed by atoms with E-state index in [4.69, 9.17) is 18.5 Å². The van der Waals surface area contributed by atoms with Gasteiger partial charge in [-0.2, -0.15) is 0 Å². The van der Waals surface area contributed by atoms with Crippen molar-refractivity contribution >= 4 is 13.8 Å². The number of allylic oxidation sites excluding steroid dienone is 18. The van der Waals surface area contributed by atoms with Crippen LogP contribution in [0.3, 0.4) is 0 Å². The van der Waals surface area contributed by atoms with Gasteiger partial charge < -0.3 is 39.9 Å². The summed E-state index contributed by atoms with van der Waals surface area (Å²) < 4.78 is 34.3. The second-order valence-electron chi connectivity index (χ2n) is 18.0. The molecule has 1 rings (SSSR count). The van der Waals surface area contributed by atoms with Gasteiger partial charge in [-0.05, 0) is 96.3 Å². The fraction of sp³-hybridized carbons (Fsp3) is 0.667. The minimum absolute atomic E-state index is 0.0965. The Morgan fingerprint density at radius 3 is 1.21 bits per heavy atom. The SMILES string of the molecule is CC/C=C\C/C=C\C/C=C\C/C=C\C/C=C\CCCCCCCC(=O)OC(COCCCCCCCCCCC/C=C\C/C=C\C/C=C\C/C=C\CC)COP(=O)(O)OC1C(O)C(O)C(O)C(O)C1O. The zero-order valence-corrected chi connectivity index (χ0v) is 43.9. The standard InChI is InChI=1S/C57H95O12P/c1-3-5-7-9-11-13-15-17-19-21-23-25-27-29-31-33-35-37-39-41-43-45-47-66-48-50(49-67-70(64,65)69-57-55(62)53(60)52(59)54(61)56(57)63)68-51(58)46-44-42-40-38-36-34-32-30-28-26-24-22-20-18-16-14-12-10-8-6-4-2/h5-8,11-14,17-20,23-26,30,32,50,52-57,59-63H,3-4,9-10,15-16,21-22,27-29,31,33-49H2,1-2H3,(H,64,65)/b7-5-,8-6-,13-11-,14-12-,19-17-,20-18-,25-23-,26-24-,32-30-. The number of unbranched alkanes of at least 4 members (excludes halogenated alkanes) is 14. The van der Waals surface area contributed by atoms with E-state index in [0.29, 0.717) is 13.0 Å². The van der Waals surface area contributed by atoms with Crippen LogP contribution in [0.2, 0.25) is 0 Å². The van der Waals surface area contributed by atoms with Gasteiger partial charge in [0.25, 0.3) is 0 Å². The van der Waals surface area contributed by atoms with Crippen molar-refractivity contribution in [1.29, 1.82) is 0 Å². The summed E-state index contributed by atoms with van der Waals surface area (Å²) in [6.07, 6.45) is 52.9. The van der Waals surface area contributed by atoms with Gasteiger partial charge in [0.1, 0.15) is 42.7 Å².